The zero-order valence-electron chi connectivity index (χ0n) is 9.14. The van der Waals surface area contributed by atoms with Crippen LogP contribution < -0.4 is 0 Å². The van der Waals surface area contributed by atoms with Gasteiger partial charge in [-0.2, -0.15) is 13.2 Å². The van der Waals surface area contributed by atoms with E-state index in [0.717, 1.165) is 11.1 Å². The summed E-state index contributed by atoms with van der Waals surface area (Å²) in [6.45, 7) is 3.20. The zero-order valence-corrected chi connectivity index (χ0v) is 9.14. The van der Waals surface area contributed by atoms with E-state index < -0.39 is 17.9 Å². The van der Waals surface area contributed by atoms with E-state index in [-0.39, 0.29) is 6.42 Å². The molecule has 0 unspecified atom stereocenters. The van der Waals surface area contributed by atoms with Crippen molar-refractivity contribution >= 4 is 5.78 Å². The minimum atomic E-state index is -4.73. The number of carbonyl (C=O) groups is 1. The van der Waals surface area contributed by atoms with Crippen LogP contribution >= 0.6 is 0 Å². The SMILES string of the molecule is Cc1ccc(C[C@@H](C)C(=O)C(F)(F)F)cc1. The van der Waals surface area contributed by atoms with Gasteiger partial charge >= 0.3 is 6.18 Å². The number of hydrogen-bond acceptors (Lipinski definition) is 1. The molecule has 0 radical (unpaired) electrons. The average Bonchev–Trinajstić information content (AvgIpc) is 2.19. The van der Waals surface area contributed by atoms with Crippen molar-refractivity contribution in [2.24, 2.45) is 5.92 Å². The van der Waals surface area contributed by atoms with Crippen LogP contribution in [0.5, 0.6) is 0 Å². The predicted molar refractivity (Wildman–Crippen MR) is 55.1 cm³/mol. The normalized spacial score (nSPS) is 13.6. The highest BCUT2D eigenvalue weighted by atomic mass is 19.4. The average molecular weight is 230 g/mol. The smallest absolute Gasteiger partial charge is 0.289 e. The van der Waals surface area contributed by atoms with Crippen molar-refractivity contribution < 1.29 is 18.0 Å². The van der Waals surface area contributed by atoms with Gasteiger partial charge in [-0.3, -0.25) is 4.79 Å². The lowest BCUT2D eigenvalue weighted by Gasteiger charge is -2.12. The molecule has 0 spiro atoms. The Morgan fingerprint density at radius 2 is 1.75 bits per heavy atom. The molecule has 1 rings (SSSR count). The van der Waals surface area contributed by atoms with E-state index in [4.69, 9.17) is 0 Å². The van der Waals surface area contributed by atoms with Crippen LogP contribution in [0.15, 0.2) is 24.3 Å². The van der Waals surface area contributed by atoms with Gasteiger partial charge in [0.25, 0.3) is 0 Å². The van der Waals surface area contributed by atoms with Crippen molar-refractivity contribution in [3.8, 4) is 0 Å². The van der Waals surface area contributed by atoms with Gasteiger partial charge < -0.3 is 0 Å². The summed E-state index contributed by atoms with van der Waals surface area (Å²) in [5, 5.41) is 0. The Hall–Kier alpha value is -1.32. The van der Waals surface area contributed by atoms with E-state index in [2.05, 4.69) is 0 Å². The molecule has 0 aliphatic heterocycles. The number of hydrogen-bond donors (Lipinski definition) is 0. The number of halogens is 3. The van der Waals surface area contributed by atoms with Crippen LogP contribution in [-0.2, 0) is 11.2 Å². The van der Waals surface area contributed by atoms with E-state index in [1.54, 1.807) is 12.1 Å². The van der Waals surface area contributed by atoms with Crippen LogP contribution in [0, 0.1) is 12.8 Å². The topological polar surface area (TPSA) is 17.1 Å². The molecule has 0 aromatic heterocycles. The minimum absolute atomic E-state index is 0.124. The Balaban J connectivity index is 2.68. The largest absolute Gasteiger partial charge is 0.450 e. The first-order valence-corrected chi connectivity index (χ1v) is 4.97. The van der Waals surface area contributed by atoms with Crippen molar-refractivity contribution in [3.63, 3.8) is 0 Å². The summed E-state index contributed by atoms with van der Waals surface area (Å²) in [5.41, 5.74) is 1.79. The van der Waals surface area contributed by atoms with Gasteiger partial charge in [0.2, 0.25) is 5.78 Å². The first kappa shape index (κ1) is 12.7. The minimum Gasteiger partial charge on any atom is -0.289 e. The summed E-state index contributed by atoms with van der Waals surface area (Å²) >= 11 is 0. The summed E-state index contributed by atoms with van der Waals surface area (Å²) in [6.07, 6.45) is -4.61. The molecule has 0 aliphatic rings. The molecular weight excluding hydrogens is 217 g/mol. The lowest BCUT2D eigenvalue weighted by atomic mass is 9.96. The maximum atomic E-state index is 12.1. The Kier molecular flexibility index (Phi) is 3.73. The third-order valence-electron chi connectivity index (χ3n) is 2.39. The summed E-state index contributed by atoms with van der Waals surface area (Å²) in [7, 11) is 0. The number of carbonyl (C=O) groups excluding carboxylic acids is 1. The summed E-state index contributed by atoms with van der Waals surface area (Å²) < 4.78 is 36.4. The Morgan fingerprint density at radius 1 is 1.25 bits per heavy atom. The van der Waals surface area contributed by atoms with Gasteiger partial charge in [0.1, 0.15) is 0 Å². The van der Waals surface area contributed by atoms with Gasteiger partial charge in [0.15, 0.2) is 0 Å². The molecule has 88 valence electrons. The third kappa shape index (κ3) is 3.36. The van der Waals surface area contributed by atoms with E-state index in [0.29, 0.717) is 0 Å². The lowest BCUT2D eigenvalue weighted by Crippen LogP contribution is -2.30. The van der Waals surface area contributed by atoms with Crippen LogP contribution in [0.25, 0.3) is 0 Å². The van der Waals surface area contributed by atoms with Gasteiger partial charge in [0, 0.05) is 5.92 Å². The zero-order chi connectivity index (χ0) is 12.3. The van der Waals surface area contributed by atoms with Crippen molar-refractivity contribution in [3.05, 3.63) is 35.4 Å². The number of Topliss-reactive ketones (excluding diaryl/α,β-unsaturated/α-hetero) is 1. The Labute approximate surface area is 92.3 Å². The van der Waals surface area contributed by atoms with Crippen LogP contribution in [-0.4, -0.2) is 12.0 Å². The molecule has 1 aromatic carbocycles. The number of ketones is 1. The molecule has 0 N–H and O–H groups in total. The van der Waals surface area contributed by atoms with Crippen LogP contribution in [0.2, 0.25) is 0 Å². The fourth-order valence-electron chi connectivity index (χ4n) is 1.45. The van der Waals surface area contributed by atoms with Gasteiger partial charge in [-0.1, -0.05) is 36.8 Å². The highest BCUT2D eigenvalue weighted by Gasteiger charge is 2.41. The first-order chi connectivity index (χ1) is 7.30. The molecule has 0 aliphatic carbocycles. The second-order valence-electron chi connectivity index (χ2n) is 3.95. The van der Waals surface area contributed by atoms with E-state index in [1.165, 1.54) is 6.92 Å². The molecule has 16 heavy (non-hydrogen) atoms. The number of benzene rings is 1. The van der Waals surface area contributed by atoms with Gasteiger partial charge in [-0.05, 0) is 18.9 Å². The quantitative estimate of drug-likeness (QED) is 0.778. The van der Waals surface area contributed by atoms with Crippen LogP contribution in [0.4, 0.5) is 13.2 Å². The maximum absolute atomic E-state index is 12.1. The predicted octanol–water partition coefficient (Wildman–Crippen LogP) is 3.31. The molecule has 0 saturated heterocycles. The summed E-state index contributed by atoms with van der Waals surface area (Å²) in [5.74, 6) is -2.68. The van der Waals surface area contributed by atoms with Crippen molar-refractivity contribution in [2.75, 3.05) is 0 Å². The fourth-order valence-corrected chi connectivity index (χ4v) is 1.45. The summed E-state index contributed by atoms with van der Waals surface area (Å²) in [6, 6.07) is 7.13. The highest BCUT2D eigenvalue weighted by Crippen LogP contribution is 2.23. The molecular formula is C12H13F3O. The standard InChI is InChI=1S/C12H13F3O/c1-8-3-5-10(6-4-8)7-9(2)11(16)12(13,14)15/h3-6,9H,7H2,1-2H3/t9-/m1/s1. The van der Waals surface area contributed by atoms with Crippen LogP contribution in [0.3, 0.4) is 0 Å². The molecule has 0 saturated carbocycles. The molecule has 0 amide bonds. The van der Waals surface area contributed by atoms with Gasteiger partial charge in [0.05, 0.1) is 0 Å². The molecule has 1 atom stereocenters. The number of rotatable bonds is 3. The molecule has 0 heterocycles. The second kappa shape index (κ2) is 4.68. The monoisotopic (exact) mass is 230 g/mol. The second-order valence-corrected chi connectivity index (χ2v) is 3.95. The highest BCUT2D eigenvalue weighted by molar-refractivity contribution is 5.86. The van der Waals surface area contributed by atoms with Crippen LogP contribution in [0.1, 0.15) is 18.1 Å². The van der Waals surface area contributed by atoms with Crippen molar-refractivity contribution in [2.45, 2.75) is 26.4 Å². The van der Waals surface area contributed by atoms with Crippen molar-refractivity contribution in [1.29, 1.82) is 0 Å². The van der Waals surface area contributed by atoms with E-state index in [1.807, 2.05) is 19.1 Å². The number of aryl methyl sites for hydroxylation is 1. The first-order valence-electron chi connectivity index (χ1n) is 4.97. The molecule has 1 nitrogen and oxygen atoms in total. The van der Waals surface area contributed by atoms with Gasteiger partial charge in [-0.15, -0.1) is 0 Å². The molecule has 0 fully saturated rings. The number of alkyl halides is 3. The Morgan fingerprint density at radius 3 is 2.19 bits per heavy atom. The third-order valence-corrected chi connectivity index (χ3v) is 2.39. The van der Waals surface area contributed by atoms with E-state index >= 15 is 0 Å². The summed E-state index contributed by atoms with van der Waals surface area (Å²) in [4.78, 5) is 10.9. The maximum Gasteiger partial charge on any atom is 0.450 e. The molecule has 4 heteroatoms. The molecule has 1 aromatic rings. The van der Waals surface area contributed by atoms with E-state index in [9.17, 15) is 18.0 Å². The van der Waals surface area contributed by atoms with Gasteiger partial charge in [-0.25, -0.2) is 0 Å². The Bertz CT molecular complexity index is 365. The van der Waals surface area contributed by atoms with Crippen molar-refractivity contribution in [1.82, 2.24) is 0 Å². The lowest BCUT2D eigenvalue weighted by molar-refractivity contribution is -0.175. The fraction of sp³-hybridized carbons (Fsp3) is 0.417. The molecule has 0 bridgehead atoms.